The van der Waals surface area contributed by atoms with E-state index in [-0.39, 0.29) is 12.5 Å². The minimum atomic E-state index is -0.272. The molecule has 104 valence electrons. The SMILES string of the molecule is C#CCOc1cccc(CNC(=O)c2cc(C#N)c[nH]2)c1. The second-order valence-electron chi connectivity index (χ2n) is 4.24. The number of rotatable bonds is 5. The molecular formula is C16H13N3O2. The molecule has 0 saturated heterocycles. The summed E-state index contributed by atoms with van der Waals surface area (Å²) < 4.78 is 5.31. The minimum Gasteiger partial charge on any atom is -0.481 e. The van der Waals surface area contributed by atoms with E-state index in [0.29, 0.717) is 23.6 Å². The molecule has 1 aromatic heterocycles. The lowest BCUT2D eigenvalue weighted by molar-refractivity contribution is 0.0946. The monoisotopic (exact) mass is 279 g/mol. The van der Waals surface area contributed by atoms with Crippen LogP contribution in [0.4, 0.5) is 0 Å². The Morgan fingerprint density at radius 3 is 3.00 bits per heavy atom. The van der Waals surface area contributed by atoms with Gasteiger partial charge in [-0.3, -0.25) is 4.79 Å². The van der Waals surface area contributed by atoms with E-state index in [0.717, 1.165) is 5.56 Å². The molecule has 5 heteroatoms. The molecule has 0 spiro atoms. The van der Waals surface area contributed by atoms with Crippen LogP contribution < -0.4 is 10.1 Å². The van der Waals surface area contributed by atoms with Crippen molar-refractivity contribution in [3.63, 3.8) is 0 Å². The molecule has 0 aliphatic carbocycles. The quantitative estimate of drug-likeness (QED) is 0.820. The van der Waals surface area contributed by atoms with Gasteiger partial charge in [-0.15, -0.1) is 6.42 Å². The third-order valence-electron chi connectivity index (χ3n) is 2.73. The van der Waals surface area contributed by atoms with Crippen molar-refractivity contribution < 1.29 is 9.53 Å². The number of hydrogen-bond donors (Lipinski definition) is 2. The fraction of sp³-hybridized carbons (Fsp3) is 0.125. The molecule has 1 heterocycles. The number of H-pyrrole nitrogens is 1. The van der Waals surface area contributed by atoms with Gasteiger partial charge in [0.25, 0.3) is 5.91 Å². The van der Waals surface area contributed by atoms with Crippen LogP contribution in [0.15, 0.2) is 36.5 Å². The van der Waals surface area contributed by atoms with Gasteiger partial charge in [-0.1, -0.05) is 18.1 Å². The van der Waals surface area contributed by atoms with E-state index < -0.39 is 0 Å². The molecule has 1 amide bonds. The molecular weight excluding hydrogens is 266 g/mol. The number of carbonyl (C=O) groups is 1. The van der Waals surface area contributed by atoms with Crippen LogP contribution in [-0.2, 0) is 6.54 Å². The van der Waals surface area contributed by atoms with Crippen molar-refractivity contribution in [2.45, 2.75) is 6.54 Å². The Labute approximate surface area is 122 Å². The number of nitrogens with one attached hydrogen (secondary N) is 2. The average Bonchev–Trinajstić information content (AvgIpc) is 3.00. The van der Waals surface area contributed by atoms with Crippen molar-refractivity contribution in [3.8, 4) is 24.2 Å². The molecule has 0 radical (unpaired) electrons. The number of aromatic nitrogens is 1. The lowest BCUT2D eigenvalue weighted by Crippen LogP contribution is -2.23. The summed E-state index contributed by atoms with van der Waals surface area (Å²) in [5.74, 6) is 2.78. The van der Waals surface area contributed by atoms with Gasteiger partial charge in [0.15, 0.2) is 0 Å². The zero-order valence-corrected chi connectivity index (χ0v) is 11.2. The standard InChI is InChI=1S/C16H13N3O2/c1-2-6-21-14-5-3-4-12(7-14)10-19-16(20)15-8-13(9-17)11-18-15/h1,3-5,7-8,11,18H,6,10H2,(H,19,20). The molecule has 2 aromatic rings. The number of nitrogens with zero attached hydrogens (tertiary/aromatic N) is 1. The van der Waals surface area contributed by atoms with E-state index >= 15 is 0 Å². The van der Waals surface area contributed by atoms with Crippen molar-refractivity contribution in [3.05, 3.63) is 53.3 Å². The largest absolute Gasteiger partial charge is 0.481 e. The number of hydrogen-bond acceptors (Lipinski definition) is 3. The van der Waals surface area contributed by atoms with Crippen LogP contribution in [0.3, 0.4) is 0 Å². The first kappa shape index (κ1) is 14.2. The highest BCUT2D eigenvalue weighted by molar-refractivity contribution is 5.92. The maximum atomic E-state index is 11.9. The Hall–Kier alpha value is -3.18. The number of terminal acetylenes is 1. The van der Waals surface area contributed by atoms with Gasteiger partial charge in [0, 0.05) is 12.7 Å². The van der Waals surface area contributed by atoms with Gasteiger partial charge in [0.1, 0.15) is 24.1 Å². The highest BCUT2D eigenvalue weighted by Crippen LogP contribution is 2.13. The molecule has 0 bridgehead atoms. The maximum absolute atomic E-state index is 11.9. The molecule has 0 aliphatic rings. The second-order valence-corrected chi connectivity index (χ2v) is 4.24. The van der Waals surface area contributed by atoms with Crippen LogP contribution in [-0.4, -0.2) is 17.5 Å². The molecule has 0 aliphatic heterocycles. The minimum absolute atomic E-state index is 0.204. The first-order valence-electron chi connectivity index (χ1n) is 6.25. The van der Waals surface area contributed by atoms with Crippen molar-refractivity contribution in [2.75, 3.05) is 6.61 Å². The Morgan fingerprint density at radius 1 is 1.43 bits per heavy atom. The predicted molar refractivity (Wildman–Crippen MR) is 77.4 cm³/mol. The number of amides is 1. The molecule has 5 nitrogen and oxygen atoms in total. The fourth-order valence-corrected chi connectivity index (χ4v) is 1.74. The Balaban J connectivity index is 1.95. The molecule has 21 heavy (non-hydrogen) atoms. The summed E-state index contributed by atoms with van der Waals surface area (Å²) in [5.41, 5.74) is 1.67. The number of benzene rings is 1. The summed E-state index contributed by atoms with van der Waals surface area (Å²) in [6.45, 7) is 0.558. The summed E-state index contributed by atoms with van der Waals surface area (Å²) in [6.07, 6.45) is 6.62. The Bertz CT molecular complexity index is 720. The van der Waals surface area contributed by atoms with E-state index in [1.807, 2.05) is 24.3 Å². The lowest BCUT2D eigenvalue weighted by atomic mass is 10.2. The van der Waals surface area contributed by atoms with Crippen LogP contribution in [0.2, 0.25) is 0 Å². The van der Waals surface area contributed by atoms with Crippen molar-refractivity contribution in [2.24, 2.45) is 0 Å². The van der Waals surface area contributed by atoms with Gasteiger partial charge < -0.3 is 15.0 Å². The topological polar surface area (TPSA) is 77.9 Å². The van der Waals surface area contributed by atoms with Crippen molar-refractivity contribution in [1.29, 1.82) is 5.26 Å². The van der Waals surface area contributed by atoms with Crippen LogP contribution in [0.25, 0.3) is 0 Å². The lowest BCUT2D eigenvalue weighted by Gasteiger charge is -2.07. The summed E-state index contributed by atoms with van der Waals surface area (Å²) >= 11 is 0. The number of aromatic amines is 1. The molecule has 0 unspecified atom stereocenters. The second kappa shape index (κ2) is 6.83. The smallest absolute Gasteiger partial charge is 0.268 e. The highest BCUT2D eigenvalue weighted by Gasteiger charge is 2.08. The molecule has 0 saturated carbocycles. The summed E-state index contributed by atoms with van der Waals surface area (Å²) in [7, 11) is 0. The van der Waals surface area contributed by atoms with Gasteiger partial charge in [-0.25, -0.2) is 0 Å². The predicted octanol–water partition coefficient (Wildman–Crippen LogP) is 1.83. The van der Waals surface area contributed by atoms with Crippen LogP contribution in [0, 0.1) is 23.7 Å². The van der Waals surface area contributed by atoms with E-state index in [1.54, 1.807) is 6.07 Å². The highest BCUT2D eigenvalue weighted by atomic mass is 16.5. The zero-order valence-electron chi connectivity index (χ0n) is 11.2. The van der Waals surface area contributed by atoms with Gasteiger partial charge in [-0.2, -0.15) is 5.26 Å². The zero-order chi connectivity index (χ0) is 15.1. The molecule has 2 N–H and O–H groups in total. The third-order valence-corrected chi connectivity index (χ3v) is 2.73. The van der Waals surface area contributed by atoms with Gasteiger partial charge in [0.2, 0.25) is 0 Å². The normalized spacial score (nSPS) is 9.43. The van der Waals surface area contributed by atoms with Crippen LogP contribution >= 0.6 is 0 Å². The van der Waals surface area contributed by atoms with Crippen LogP contribution in [0.1, 0.15) is 21.6 Å². The average molecular weight is 279 g/mol. The molecule has 0 fully saturated rings. The fourth-order valence-electron chi connectivity index (χ4n) is 1.74. The van der Waals surface area contributed by atoms with E-state index in [1.165, 1.54) is 12.3 Å². The van der Waals surface area contributed by atoms with Gasteiger partial charge in [0.05, 0.1) is 5.56 Å². The molecule has 1 aromatic carbocycles. The van der Waals surface area contributed by atoms with Gasteiger partial charge >= 0.3 is 0 Å². The van der Waals surface area contributed by atoms with Crippen LogP contribution in [0.5, 0.6) is 5.75 Å². The first-order chi connectivity index (χ1) is 10.2. The van der Waals surface area contributed by atoms with Gasteiger partial charge in [-0.05, 0) is 23.8 Å². The van der Waals surface area contributed by atoms with Crippen molar-refractivity contribution >= 4 is 5.91 Å². The number of carbonyl (C=O) groups excluding carboxylic acids is 1. The summed E-state index contributed by atoms with van der Waals surface area (Å²) in [5, 5.41) is 11.5. The molecule has 0 atom stereocenters. The van der Waals surface area contributed by atoms with E-state index in [9.17, 15) is 4.79 Å². The third kappa shape index (κ3) is 3.89. The summed E-state index contributed by atoms with van der Waals surface area (Å²) in [6, 6.07) is 10.8. The number of nitriles is 1. The Morgan fingerprint density at radius 2 is 2.29 bits per heavy atom. The molecule has 2 rings (SSSR count). The Kier molecular flexibility index (Phi) is 4.63. The maximum Gasteiger partial charge on any atom is 0.268 e. The van der Waals surface area contributed by atoms with Crippen molar-refractivity contribution in [1.82, 2.24) is 10.3 Å². The van der Waals surface area contributed by atoms with E-state index in [4.69, 9.17) is 16.4 Å². The van der Waals surface area contributed by atoms with E-state index in [2.05, 4.69) is 16.2 Å². The summed E-state index contributed by atoms with van der Waals surface area (Å²) in [4.78, 5) is 14.6. The number of ether oxygens (including phenoxy) is 1. The first-order valence-corrected chi connectivity index (χ1v) is 6.25.